The Morgan fingerprint density at radius 1 is 1.31 bits per heavy atom. The van der Waals surface area contributed by atoms with Gasteiger partial charge in [-0.15, -0.1) is 0 Å². The SMILES string of the molecule is CC1CCCCC2=[N+](C)CCCN21. The highest BCUT2D eigenvalue weighted by Gasteiger charge is 2.31. The minimum absolute atomic E-state index is 0.778. The molecule has 0 spiro atoms. The van der Waals surface area contributed by atoms with Gasteiger partial charge in [-0.25, -0.2) is 0 Å². The smallest absolute Gasteiger partial charge is 0.246 e. The van der Waals surface area contributed by atoms with Crippen LogP contribution in [0.5, 0.6) is 0 Å². The Morgan fingerprint density at radius 2 is 2.15 bits per heavy atom. The molecule has 13 heavy (non-hydrogen) atoms. The third-order valence-corrected chi connectivity index (χ3v) is 3.47. The molecule has 0 N–H and O–H groups in total. The number of fused-ring (bicyclic) bond motifs is 1. The minimum Gasteiger partial charge on any atom is -0.268 e. The molecule has 1 unspecified atom stereocenters. The van der Waals surface area contributed by atoms with Gasteiger partial charge in [0.15, 0.2) is 0 Å². The first-order valence-electron chi connectivity index (χ1n) is 5.62. The van der Waals surface area contributed by atoms with Gasteiger partial charge >= 0.3 is 0 Å². The summed E-state index contributed by atoms with van der Waals surface area (Å²) >= 11 is 0. The Hall–Kier alpha value is -0.530. The van der Waals surface area contributed by atoms with Crippen LogP contribution >= 0.6 is 0 Å². The number of hydrogen-bond donors (Lipinski definition) is 0. The van der Waals surface area contributed by atoms with Gasteiger partial charge in [0, 0.05) is 12.8 Å². The largest absolute Gasteiger partial charge is 0.268 e. The molecule has 0 aromatic heterocycles. The van der Waals surface area contributed by atoms with Crippen LogP contribution in [0.4, 0.5) is 0 Å². The lowest BCUT2D eigenvalue weighted by molar-refractivity contribution is -0.510. The van der Waals surface area contributed by atoms with Crippen molar-refractivity contribution in [2.45, 2.75) is 45.1 Å². The van der Waals surface area contributed by atoms with Crippen LogP contribution in [-0.4, -0.2) is 41.5 Å². The van der Waals surface area contributed by atoms with E-state index in [0.29, 0.717) is 0 Å². The van der Waals surface area contributed by atoms with Crippen molar-refractivity contribution < 1.29 is 4.58 Å². The van der Waals surface area contributed by atoms with Crippen molar-refractivity contribution in [1.82, 2.24) is 4.90 Å². The molecule has 0 amide bonds. The molecule has 2 aliphatic rings. The molecular weight excluding hydrogens is 160 g/mol. The van der Waals surface area contributed by atoms with Gasteiger partial charge in [-0.05, 0) is 26.2 Å². The molecule has 0 aromatic rings. The van der Waals surface area contributed by atoms with Crippen LogP contribution in [0.3, 0.4) is 0 Å². The topological polar surface area (TPSA) is 6.25 Å². The van der Waals surface area contributed by atoms with Gasteiger partial charge in [-0.1, -0.05) is 0 Å². The minimum atomic E-state index is 0.778. The number of rotatable bonds is 0. The van der Waals surface area contributed by atoms with Crippen LogP contribution in [0.15, 0.2) is 0 Å². The summed E-state index contributed by atoms with van der Waals surface area (Å²) in [6.45, 7) is 4.93. The first-order chi connectivity index (χ1) is 6.29. The maximum Gasteiger partial charge on any atom is 0.246 e. The molecule has 0 aliphatic carbocycles. The zero-order valence-electron chi connectivity index (χ0n) is 8.92. The highest BCUT2D eigenvalue weighted by atomic mass is 15.3. The molecule has 2 aliphatic heterocycles. The molecule has 2 heterocycles. The van der Waals surface area contributed by atoms with Gasteiger partial charge in [-0.3, -0.25) is 9.48 Å². The van der Waals surface area contributed by atoms with E-state index < -0.39 is 0 Å². The Kier molecular flexibility index (Phi) is 2.56. The zero-order valence-corrected chi connectivity index (χ0v) is 8.92. The first-order valence-corrected chi connectivity index (χ1v) is 5.62. The fourth-order valence-corrected chi connectivity index (χ4v) is 2.64. The fraction of sp³-hybridized carbons (Fsp3) is 0.909. The standard InChI is InChI=1S/C11H21N2/c1-10-6-3-4-7-11-12(2)8-5-9-13(10)11/h10H,3-9H2,1-2H3/q+1. The summed E-state index contributed by atoms with van der Waals surface area (Å²) in [5.41, 5.74) is 0. The van der Waals surface area contributed by atoms with E-state index in [2.05, 4.69) is 23.4 Å². The summed E-state index contributed by atoms with van der Waals surface area (Å²) in [5.74, 6) is 1.61. The molecule has 0 radical (unpaired) electrons. The number of nitrogens with zero attached hydrogens (tertiary/aromatic N) is 2. The lowest BCUT2D eigenvalue weighted by Gasteiger charge is -2.28. The van der Waals surface area contributed by atoms with Gasteiger partial charge in [0.1, 0.15) is 0 Å². The summed E-state index contributed by atoms with van der Waals surface area (Å²) in [6.07, 6.45) is 6.83. The quantitative estimate of drug-likeness (QED) is 0.515. The molecule has 1 atom stereocenters. The van der Waals surface area contributed by atoms with E-state index in [-0.39, 0.29) is 0 Å². The van der Waals surface area contributed by atoms with E-state index in [9.17, 15) is 0 Å². The molecule has 0 saturated carbocycles. The van der Waals surface area contributed by atoms with E-state index in [0.717, 1.165) is 6.04 Å². The van der Waals surface area contributed by atoms with Gasteiger partial charge < -0.3 is 0 Å². The predicted molar refractivity (Wildman–Crippen MR) is 55.3 cm³/mol. The maximum atomic E-state index is 2.64. The van der Waals surface area contributed by atoms with Crippen molar-refractivity contribution >= 4 is 5.84 Å². The Morgan fingerprint density at radius 3 is 3.00 bits per heavy atom. The summed E-state index contributed by atoms with van der Waals surface area (Å²) in [5, 5.41) is 0. The summed E-state index contributed by atoms with van der Waals surface area (Å²) in [7, 11) is 2.25. The number of amidine groups is 1. The average molecular weight is 181 g/mol. The van der Waals surface area contributed by atoms with E-state index >= 15 is 0 Å². The fourth-order valence-electron chi connectivity index (χ4n) is 2.64. The van der Waals surface area contributed by atoms with Gasteiger partial charge in [0.2, 0.25) is 5.84 Å². The molecule has 1 fully saturated rings. The molecule has 0 bridgehead atoms. The monoisotopic (exact) mass is 181 g/mol. The van der Waals surface area contributed by atoms with Crippen molar-refractivity contribution in [3.8, 4) is 0 Å². The summed E-state index contributed by atoms with van der Waals surface area (Å²) in [6, 6.07) is 0.778. The second-order valence-corrected chi connectivity index (χ2v) is 4.48. The van der Waals surface area contributed by atoms with Crippen LogP contribution in [0.1, 0.15) is 39.0 Å². The third-order valence-electron chi connectivity index (χ3n) is 3.47. The maximum absolute atomic E-state index is 2.64. The van der Waals surface area contributed by atoms with E-state index in [1.165, 1.54) is 45.2 Å². The highest BCUT2D eigenvalue weighted by Crippen LogP contribution is 2.20. The zero-order chi connectivity index (χ0) is 9.26. The molecule has 1 saturated heterocycles. The van der Waals surface area contributed by atoms with Gasteiger partial charge in [-0.2, -0.15) is 0 Å². The second kappa shape index (κ2) is 3.69. The third kappa shape index (κ3) is 1.72. The molecule has 0 aromatic carbocycles. The Bertz CT molecular complexity index is 220. The van der Waals surface area contributed by atoms with E-state index in [4.69, 9.17) is 0 Å². The lowest BCUT2D eigenvalue weighted by Crippen LogP contribution is -2.46. The van der Waals surface area contributed by atoms with Crippen LogP contribution < -0.4 is 0 Å². The van der Waals surface area contributed by atoms with E-state index in [1.807, 2.05) is 0 Å². The van der Waals surface area contributed by atoms with E-state index in [1.54, 1.807) is 5.84 Å². The Labute approximate surface area is 81.2 Å². The molecule has 2 nitrogen and oxygen atoms in total. The normalized spacial score (nSPS) is 30.0. The predicted octanol–water partition coefficient (Wildman–Crippen LogP) is 1.70. The lowest BCUT2D eigenvalue weighted by atomic mass is 10.1. The van der Waals surface area contributed by atoms with Crippen molar-refractivity contribution in [2.75, 3.05) is 20.1 Å². The Balaban J connectivity index is 2.23. The summed E-state index contributed by atoms with van der Waals surface area (Å²) in [4.78, 5) is 2.64. The van der Waals surface area contributed by atoms with Crippen LogP contribution in [0.2, 0.25) is 0 Å². The van der Waals surface area contributed by atoms with Crippen LogP contribution in [0, 0.1) is 0 Å². The molecular formula is C11H21N2+. The summed E-state index contributed by atoms with van der Waals surface area (Å²) < 4.78 is 2.46. The van der Waals surface area contributed by atoms with Crippen LogP contribution in [-0.2, 0) is 0 Å². The second-order valence-electron chi connectivity index (χ2n) is 4.48. The van der Waals surface area contributed by atoms with Gasteiger partial charge in [0.05, 0.1) is 26.2 Å². The van der Waals surface area contributed by atoms with Crippen LogP contribution in [0.25, 0.3) is 0 Å². The highest BCUT2D eigenvalue weighted by molar-refractivity contribution is 5.78. The van der Waals surface area contributed by atoms with Crippen molar-refractivity contribution in [1.29, 1.82) is 0 Å². The van der Waals surface area contributed by atoms with Gasteiger partial charge in [0.25, 0.3) is 0 Å². The van der Waals surface area contributed by atoms with Crippen molar-refractivity contribution in [3.63, 3.8) is 0 Å². The average Bonchev–Trinajstić information content (AvgIpc) is 2.30. The molecule has 2 heteroatoms. The van der Waals surface area contributed by atoms with Crippen molar-refractivity contribution in [2.24, 2.45) is 0 Å². The molecule has 2 rings (SSSR count). The molecule has 74 valence electrons. The first kappa shape index (κ1) is 9.04. The number of hydrogen-bond acceptors (Lipinski definition) is 1. The van der Waals surface area contributed by atoms with Crippen molar-refractivity contribution in [3.05, 3.63) is 0 Å².